The Hall–Kier alpha value is -1.71. The summed E-state index contributed by atoms with van der Waals surface area (Å²) in [6, 6.07) is 0.137. The number of carbonyl (C=O) groups is 2. The minimum absolute atomic E-state index is 0.137. The summed E-state index contributed by atoms with van der Waals surface area (Å²) < 4.78 is 8.45. The van der Waals surface area contributed by atoms with E-state index in [1.165, 1.54) is 23.3 Å². The lowest BCUT2D eigenvalue weighted by Crippen LogP contribution is -2.36. The summed E-state index contributed by atoms with van der Waals surface area (Å²) in [5.74, 6) is 0.895. The molecule has 24 heavy (non-hydrogen) atoms. The molecule has 0 spiro atoms. The van der Waals surface area contributed by atoms with Gasteiger partial charge in [-0.2, -0.15) is 0 Å². The molecule has 0 amide bonds. The van der Waals surface area contributed by atoms with Crippen LogP contribution >= 0.6 is 23.3 Å². The molecule has 3 rings (SSSR count). The molecule has 0 aromatic carbocycles. The molecule has 3 heterocycles. The van der Waals surface area contributed by atoms with E-state index in [2.05, 4.69) is 14.7 Å². The average Bonchev–Trinajstić information content (AvgIpc) is 3.24. The van der Waals surface area contributed by atoms with E-state index >= 15 is 0 Å². The number of aliphatic imine (C=N–C) groups is 1. The van der Waals surface area contributed by atoms with Crippen LogP contribution in [-0.2, 0) is 14.3 Å². The van der Waals surface area contributed by atoms with E-state index in [0.717, 1.165) is 22.8 Å². The number of ether oxygens (including phenoxy) is 1. The number of carbonyl (C=O) groups excluding carboxylic acids is 2. The molecule has 2 aliphatic heterocycles. The fourth-order valence-corrected chi connectivity index (χ4v) is 3.98. The highest BCUT2D eigenvalue weighted by Gasteiger charge is 2.37. The predicted molar refractivity (Wildman–Crippen MR) is 93.9 cm³/mol. The maximum atomic E-state index is 12.2. The summed E-state index contributed by atoms with van der Waals surface area (Å²) >= 11 is 2.90. The molecular weight excluding hydrogens is 348 g/mol. The highest BCUT2D eigenvalue weighted by Crippen LogP contribution is 2.32. The molecule has 1 atom stereocenters. The second-order valence-electron chi connectivity index (χ2n) is 5.23. The van der Waals surface area contributed by atoms with E-state index in [0.29, 0.717) is 37.4 Å². The predicted octanol–water partition coefficient (Wildman–Crippen LogP) is 1.23. The zero-order chi connectivity index (χ0) is 16.9. The van der Waals surface area contributed by atoms with Gasteiger partial charge in [0.2, 0.25) is 0 Å². The number of rotatable bonds is 7. The molecule has 0 radical (unpaired) electrons. The van der Waals surface area contributed by atoms with E-state index < -0.39 is 0 Å². The van der Waals surface area contributed by atoms with Gasteiger partial charge in [0.1, 0.15) is 6.29 Å². The summed E-state index contributed by atoms with van der Waals surface area (Å²) in [7, 11) is 0. The molecule has 1 fully saturated rings. The lowest BCUT2D eigenvalue weighted by atomic mass is 10.1. The van der Waals surface area contributed by atoms with Gasteiger partial charge < -0.3 is 14.4 Å². The first-order chi connectivity index (χ1) is 11.7. The smallest absolute Gasteiger partial charge is 0.337 e. The molecule has 1 aromatic heterocycles. The van der Waals surface area contributed by atoms with E-state index in [4.69, 9.17) is 4.74 Å². The molecule has 1 aromatic rings. The summed E-state index contributed by atoms with van der Waals surface area (Å²) in [5, 5.41) is 2.75. The number of nitrogens with zero attached hydrogens (tertiary/aromatic N) is 3. The number of fused-ring (bicyclic) bond motifs is 1. The minimum Gasteiger partial charge on any atom is -0.463 e. The van der Waals surface area contributed by atoms with E-state index in [1.807, 2.05) is 10.3 Å². The van der Waals surface area contributed by atoms with Gasteiger partial charge in [-0.25, -0.2) is 9.78 Å². The van der Waals surface area contributed by atoms with Gasteiger partial charge in [0.05, 0.1) is 24.5 Å². The number of esters is 1. The average molecular weight is 366 g/mol. The maximum Gasteiger partial charge on any atom is 0.337 e. The van der Waals surface area contributed by atoms with Crippen LogP contribution in [0.3, 0.4) is 0 Å². The van der Waals surface area contributed by atoms with E-state index in [1.54, 1.807) is 13.1 Å². The maximum absolute atomic E-state index is 12.2. The molecule has 1 saturated heterocycles. The molecule has 128 valence electrons. The molecule has 1 unspecified atom stereocenters. The third-order valence-electron chi connectivity index (χ3n) is 3.71. The summed E-state index contributed by atoms with van der Waals surface area (Å²) in [6.45, 7) is 3.13. The zero-order valence-electron chi connectivity index (χ0n) is 13.2. The van der Waals surface area contributed by atoms with Crippen molar-refractivity contribution in [1.82, 2.24) is 14.6 Å². The highest BCUT2D eigenvalue weighted by molar-refractivity contribution is 7.98. The van der Waals surface area contributed by atoms with Gasteiger partial charge in [-0.15, -0.1) is 11.3 Å². The lowest BCUT2D eigenvalue weighted by molar-refractivity contribution is -0.138. The van der Waals surface area contributed by atoms with Crippen molar-refractivity contribution in [1.29, 1.82) is 0 Å². The van der Waals surface area contributed by atoms with Crippen molar-refractivity contribution in [3.05, 3.63) is 27.9 Å². The van der Waals surface area contributed by atoms with Crippen LogP contribution < -0.4 is 4.72 Å². The largest absolute Gasteiger partial charge is 0.463 e. The van der Waals surface area contributed by atoms with Crippen LogP contribution in [0.15, 0.2) is 27.8 Å². The van der Waals surface area contributed by atoms with Gasteiger partial charge in [0.25, 0.3) is 0 Å². The number of thiazole rings is 1. The first-order valence-electron chi connectivity index (χ1n) is 7.66. The topological polar surface area (TPSA) is 83.9 Å². The van der Waals surface area contributed by atoms with Gasteiger partial charge in [-0.3, -0.25) is 9.71 Å². The Morgan fingerprint density at radius 1 is 1.62 bits per heavy atom. The summed E-state index contributed by atoms with van der Waals surface area (Å²) in [5.41, 5.74) is 1.56. The molecule has 0 saturated carbocycles. The number of amidine groups is 1. The second-order valence-corrected chi connectivity index (χ2v) is 6.98. The Bertz CT molecular complexity index is 672. The normalized spacial score (nSPS) is 20.0. The second kappa shape index (κ2) is 7.91. The summed E-state index contributed by atoms with van der Waals surface area (Å²) in [4.78, 5) is 33.7. The van der Waals surface area contributed by atoms with Crippen LogP contribution in [-0.4, -0.2) is 59.5 Å². The zero-order valence-corrected chi connectivity index (χ0v) is 14.9. The van der Waals surface area contributed by atoms with Crippen LogP contribution in [0.5, 0.6) is 0 Å². The number of aromatic nitrogens is 1. The van der Waals surface area contributed by atoms with Crippen molar-refractivity contribution in [3.63, 3.8) is 0 Å². The van der Waals surface area contributed by atoms with Gasteiger partial charge in [0, 0.05) is 36.3 Å². The Balaban J connectivity index is 1.84. The van der Waals surface area contributed by atoms with Gasteiger partial charge >= 0.3 is 5.97 Å². The van der Waals surface area contributed by atoms with Crippen molar-refractivity contribution in [2.45, 2.75) is 19.4 Å². The molecule has 9 heteroatoms. The standard InChI is InChI=1S/C15H18N4O3S2/c1-2-22-15(21)11-8-17-13(14-16-3-5-23-14)19-9-10(7-12(11)19)18-24-6-4-20/h3-5,10,18H,2,6-9H2,1H3. The molecule has 1 N–H and O–H groups in total. The SMILES string of the molecule is CCOC(=O)C1=C2CC(NSCC=O)CN2C(c2nccs2)=NC1. The quantitative estimate of drug-likeness (QED) is 0.336. The van der Waals surface area contributed by atoms with Gasteiger partial charge in [-0.1, -0.05) is 11.9 Å². The lowest BCUT2D eigenvalue weighted by Gasteiger charge is -2.26. The van der Waals surface area contributed by atoms with Crippen LogP contribution in [0.1, 0.15) is 18.4 Å². The number of nitrogens with one attached hydrogen (secondary N) is 1. The molecular formula is C15H18N4O3S2. The molecule has 7 nitrogen and oxygen atoms in total. The molecule has 0 bridgehead atoms. The van der Waals surface area contributed by atoms with Crippen molar-refractivity contribution in [3.8, 4) is 0 Å². The fourth-order valence-electron chi connectivity index (χ4n) is 2.77. The monoisotopic (exact) mass is 366 g/mol. The minimum atomic E-state index is -0.305. The Morgan fingerprint density at radius 2 is 2.50 bits per heavy atom. The number of aldehydes is 1. The molecule has 0 aliphatic carbocycles. The molecule has 2 aliphatic rings. The van der Waals surface area contributed by atoms with Crippen molar-refractivity contribution in [2.75, 3.05) is 25.4 Å². The highest BCUT2D eigenvalue weighted by atomic mass is 32.2. The van der Waals surface area contributed by atoms with Crippen LogP contribution in [0.25, 0.3) is 0 Å². The van der Waals surface area contributed by atoms with Gasteiger partial charge in [-0.05, 0) is 6.92 Å². The van der Waals surface area contributed by atoms with E-state index in [-0.39, 0.29) is 12.0 Å². The Kier molecular flexibility index (Phi) is 5.64. The van der Waals surface area contributed by atoms with Crippen LogP contribution in [0, 0.1) is 0 Å². The Labute approximate surface area is 148 Å². The number of hydrogen-bond acceptors (Lipinski definition) is 9. The van der Waals surface area contributed by atoms with Gasteiger partial charge in [0.15, 0.2) is 10.8 Å². The van der Waals surface area contributed by atoms with Crippen molar-refractivity contribution < 1.29 is 14.3 Å². The first-order valence-corrected chi connectivity index (χ1v) is 9.53. The third-order valence-corrected chi connectivity index (χ3v) is 5.28. The summed E-state index contributed by atoms with van der Waals surface area (Å²) in [6.07, 6.45) is 3.31. The van der Waals surface area contributed by atoms with Crippen LogP contribution in [0.4, 0.5) is 0 Å². The third kappa shape index (κ3) is 3.52. The fraction of sp³-hybridized carbons (Fsp3) is 0.467. The number of hydrogen-bond donors (Lipinski definition) is 1. The van der Waals surface area contributed by atoms with Crippen molar-refractivity contribution >= 4 is 41.4 Å². The first kappa shape index (κ1) is 17.1. The van der Waals surface area contributed by atoms with Crippen molar-refractivity contribution in [2.24, 2.45) is 4.99 Å². The Morgan fingerprint density at radius 3 is 3.21 bits per heavy atom. The van der Waals surface area contributed by atoms with E-state index in [9.17, 15) is 9.59 Å². The van der Waals surface area contributed by atoms with Crippen LogP contribution in [0.2, 0.25) is 0 Å².